The molecule has 11 heteroatoms. The number of anilines is 1. The fraction of sp³-hybridized carbons (Fsp3) is 0.350. The number of alkyl halides is 5. The summed E-state index contributed by atoms with van der Waals surface area (Å²) in [6, 6.07) is 10.3. The molecule has 0 amide bonds. The first kappa shape index (κ1) is 22.6. The number of rotatable bonds is 8. The maximum absolute atomic E-state index is 12.5. The van der Waals surface area contributed by atoms with Crippen molar-refractivity contribution in [3.63, 3.8) is 0 Å². The van der Waals surface area contributed by atoms with E-state index in [2.05, 4.69) is 9.47 Å². The van der Waals surface area contributed by atoms with Gasteiger partial charge in [-0.2, -0.15) is 8.78 Å². The number of carboxylic acids is 1. The molecule has 1 aliphatic heterocycles. The van der Waals surface area contributed by atoms with Crippen molar-refractivity contribution in [2.75, 3.05) is 18.1 Å². The van der Waals surface area contributed by atoms with E-state index >= 15 is 0 Å². The number of carboxylic acid groups (broad SMARTS) is 1. The van der Waals surface area contributed by atoms with Gasteiger partial charge in [0.15, 0.2) is 0 Å². The molecule has 0 aromatic heterocycles. The Bertz CT molecular complexity index is 873. The van der Waals surface area contributed by atoms with E-state index in [1.165, 1.54) is 24.3 Å². The molecule has 1 N–H and O–H groups in total. The third kappa shape index (κ3) is 6.45. The normalized spacial score (nSPS) is 19.0. The van der Waals surface area contributed by atoms with Gasteiger partial charge in [-0.1, -0.05) is 0 Å². The molecule has 2 aromatic rings. The van der Waals surface area contributed by atoms with Crippen LogP contribution in [-0.4, -0.2) is 49.3 Å². The highest BCUT2D eigenvalue weighted by molar-refractivity contribution is 5.88. The zero-order chi connectivity index (χ0) is 22.6. The molecular weight excluding hydrogens is 429 g/mol. The lowest BCUT2D eigenvalue weighted by molar-refractivity contribution is -0.274. The quantitative estimate of drug-likeness (QED) is 0.599. The number of halogens is 5. The summed E-state index contributed by atoms with van der Waals surface area (Å²) in [6.45, 7) is -2.95. The number of ether oxygens (including phenoxy) is 3. The van der Waals surface area contributed by atoms with Crippen LogP contribution in [0.5, 0.6) is 11.5 Å². The average Bonchev–Trinajstić information content (AvgIpc) is 3.09. The van der Waals surface area contributed by atoms with Gasteiger partial charge in [0.1, 0.15) is 17.6 Å². The highest BCUT2D eigenvalue weighted by Gasteiger charge is 2.35. The van der Waals surface area contributed by atoms with Crippen molar-refractivity contribution >= 4 is 11.7 Å². The Balaban J connectivity index is 1.69. The van der Waals surface area contributed by atoms with Gasteiger partial charge in [-0.05, 0) is 48.5 Å². The van der Waals surface area contributed by atoms with Gasteiger partial charge in [0.25, 0.3) is 0 Å². The molecular formula is C20H18F5NO5. The molecule has 0 radical (unpaired) electrons. The molecule has 2 atom stereocenters. The van der Waals surface area contributed by atoms with Gasteiger partial charge < -0.3 is 24.2 Å². The van der Waals surface area contributed by atoms with Crippen LogP contribution < -0.4 is 14.4 Å². The summed E-state index contributed by atoms with van der Waals surface area (Å²) in [5.41, 5.74) is 0.685. The van der Waals surface area contributed by atoms with Crippen molar-refractivity contribution in [2.24, 2.45) is 0 Å². The van der Waals surface area contributed by atoms with Gasteiger partial charge in [0, 0.05) is 12.1 Å². The summed E-state index contributed by atoms with van der Waals surface area (Å²) < 4.78 is 75.9. The Kier molecular flexibility index (Phi) is 6.84. The first-order valence-electron chi connectivity index (χ1n) is 9.13. The first-order valence-corrected chi connectivity index (χ1v) is 9.13. The maximum Gasteiger partial charge on any atom is 0.573 e. The fourth-order valence-electron chi connectivity index (χ4n) is 3.32. The second-order valence-corrected chi connectivity index (χ2v) is 6.75. The Morgan fingerprint density at radius 2 is 1.68 bits per heavy atom. The third-order valence-corrected chi connectivity index (χ3v) is 4.60. The number of benzene rings is 2. The molecule has 1 fully saturated rings. The van der Waals surface area contributed by atoms with E-state index in [0.29, 0.717) is 12.1 Å². The number of aromatic carboxylic acids is 1. The van der Waals surface area contributed by atoms with E-state index in [1.807, 2.05) is 0 Å². The minimum atomic E-state index is -4.80. The average molecular weight is 447 g/mol. The Morgan fingerprint density at radius 3 is 2.23 bits per heavy atom. The molecule has 1 saturated heterocycles. The predicted molar refractivity (Wildman–Crippen MR) is 98.6 cm³/mol. The zero-order valence-electron chi connectivity index (χ0n) is 15.9. The van der Waals surface area contributed by atoms with Crippen molar-refractivity contribution in [3.8, 4) is 11.5 Å². The van der Waals surface area contributed by atoms with Crippen LogP contribution >= 0.6 is 0 Å². The number of carbonyl (C=O) groups is 1. The number of hydrogen-bond donors (Lipinski definition) is 1. The van der Waals surface area contributed by atoms with E-state index in [-0.39, 0.29) is 24.5 Å². The molecule has 0 saturated carbocycles. The monoisotopic (exact) mass is 447 g/mol. The van der Waals surface area contributed by atoms with Gasteiger partial charge in [-0.15, -0.1) is 13.2 Å². The molecule has 0 bridgehead atoms. The topological polar surface area (TPSA) is 68.2 Å². The molecule has 1 heterocycles. The molecule has 3 rings (SSSR count). The summed E-state index contributed by atoms with van der Waals surface area (Å²) >= 11 is 0. The molecule has 2 aromatic carbocycles. The van der Waals surface area contributed by atoms with E-state index < -0.39 is 36.8 Å². The predicted octanol–water partition coefficient (Wildman–Crippen LogP) is 4.55. The van der Waals surface area contributed by atoms with Crippen molar-refractivity contribution in [2.45, 2.75) is 31.5 Å². The maximum atomic E-state index is 12.5. The minimum Gasteiger partial charge on any atom is -0.489 e. The molecule has 0 aliphatic carbocycles. The fourth-order valence-corrected chi connectivity index (χ4v) is 3.32. The van der Waals surface area contributed by atoms with Gasteiger partial charge in [-0.3, -0.25) is 0 Å². The zero-order valence-corrected chi connectivity index (χ0v) is 15.9. The van der Waals surface area contributed by atoms with Crippen LogP contribution in [0.1, 0.15) is 16.8 Å². The SMILES string of the molecule is O=C(O)c1ccc(N2C[C@@H](Oc3ccc(OC(F)(F)F)cc3)C[C@H]2COC(F)F)cc1. The van der Waals surface area contributed by atoms with Gasteiger partial charge in [0.2, 0.25) is 0 Å². The summed E-state index contributed by atoms with van der Waals surface area (Å²) in [6.07, 6.45) is -4.95. The van der Waals surface area contributed by atoms with Crippen LogP contribution in [0.4, 0.5) is 27.6 Å². The largest absolute Gasteiger partial charge is 0.573 e. The second-order valence-electron chi connectivity index (χ2n) is 6.75. The highest BCUT2D eigenvalue weighted by atomic mass is 19.4. The number of nitrogens with zero attached hydrogens (tertiary/aromatic N) is 1. The first-order chi connectivity index (χ1) is 14.6. The van der Waals surface area contributed by atoms with Crippen LogP contribution in [0.15, 0.2) is 48.5 Å². The molecule has 0 unspecified atom stereocenters. The molecule has 1 aliphatic rings. The standard InChI is InChI=1S/C20H18F5NO5/c21-19(22)29-11-14-9-17(10-26(14)13-3-1-12(2-4-13)18(27)28)30-15-5-7-16(8-6-15)31-20(23,24)25/h1-8,14,17,19H,9-11H2,(H,27,28)/t14-,17-/m0/s1. The van der Waals surface area contributed by atoms with E-state index in [0.717, 1.165) is 12.1 Å². The van der Waals surface area contributed by atoms with E-state index in [4.69, 9.17) is 9.84 Å². The Labute approximate surface area is 173 Å². The van der Waals surface area contributed by atoms with Gasteiger partial charge >= 0.3 is 18.9 Å². The Morgan fingerprint density at radius 1 is 1.06 bits per heavy atom. The van der Waals surface area contributed by atoms with E-state index in [9.17, 15) is 26.7 Å². The van der Waals surface area contributed by atoms with Crippen molar-refractivity contribution in [1.82, 2.24) is 0 Å². The molecule has 168 valence electrons. The highest BCUT2D eigenvalue weighted by Crippen LogP contribution is 2.30. The summed E-state index contributed by atoms with van der Waals surface area (Å²) in [5.74, 6) is -1.20. The van der Waals surface area contributed by atoms with Crippen LogP contribution in [-0.2, 0) is 4.74 Å². The van der Waals surface area contributed by atoms with E-state index in [1.54, 1.807) is 17.0 Å². The van der Waals surface area contributed by atoms with Crippen molar-refractivity contribution in [3.05, 3.63) is 54.1 Å². The molecule has 0 spiro atoms. The Hall–Kier alpha value is -3.08. The third-order valence-electron chi connectivity index (χ3n) is 4.60. The summed E-state index contributed by atoms with van der Waals surface area (Å²) in [4.78, 5) is 12.8. The summed E-state index contributed by atoms with van der Waals surface area (Å²) in [5, 5.41) is 9.02. The van der Waals surface area contributed by atoms with Crippen LogP contribution in [0, 0.1) is 0 Å². The van der Waals surface area contributed by atoms with Crippen molar-refractivity contribution in [1.29, 1.82) is 0 Å². The number of hydrogen-bond acceptors (Lipinski definition) is 5. The lowest BCUT2D eigenvalue weighted by atomic mass is 10.1. The van der Waals surface area contributed by atoms with Crippen molar-refractivity contribution < 1.29 is 46.1 Å². The van der Waals surface area contributed by atoms with Crippen LogP contribution in [0.3, 0.4) is 0 Å². The smallest absolute Gasteiger partial charge is 0.489 e. The van der Waals surface area contributed by atoms with Crippen LogP contribution in [0.2, 0.25) is 0 Å². The van der Waals surface area contributed by atoms with Gasteiger partial charge in [-0.25, -0.2) is 4.79 Å². The minimum absolute atomic E-state index is 0.0808. The lowest BCUT2D eigenvalue weighted by Gasteiger charge is -2.26. The molecule has 31 heavy (non-hydrogen) atoms. The second kappa shape index (κ2) is 9.38. The van der Waals surface area contributed by atoms with Crippen LogP contribution in [0.25, 0.3) is 0 Å². The molecule has 6 nitrogen and oxygen atoms in total. The lowest BCUT2D eigenvalue weighted by Crippen LogP contribution is -2.34. The summed E-state index contributed by atoms with van der Waals surface area (Å²) in [7, 11) is 0. The van der Waals surface area contributed by atoms with Gasteiger partial charge in [0.05, 0.1) is 24.8 Å².